The summed E-state index contributed by atoms with van der Waals surface area (Å²) in [7, 11) is 0. The van der Waals surface area contributed by atoms with Gasteiger partial charge in [0.05, 0.1) is 0 Å². The van der Waals surface area contributed by atoms with Gasteiger partial charge in [-0.05, 0) is 0 Å². The third-order valence-electron chi connectivity index (χ3n) is 1.13. The van der Waals surface area contributed by atoms with Crippen molar-refractivity contribution in [2.45, 2.75) is 13.3 Å². The van der Waals surface area contributed by atoms with Crippen molar-refractivity contribution in [3.63, 3.8) is 0 Å². The molecule has 0 aromatic heterocycles. The van der Waals surface area contributed by atoms with Crippen LogP contribution < -0.4 is 37.2 Å². The van der Waals surface area contributed by atoms with E-state index in [4.69, 9.17) is 0 Å². The SMILES string of the molecule is CC1=[C]([V+3])CC=C1.[Cl-].[Cl-].[Cl-]. The fourth-order valence-electron chi connectivity index (χ4n) is 0.605. The first-order chi connectivity index (χ1) is 3.30. The number of rotatable bonds is 0. The van der Waals surface area contributed by atoms with Gasteiger partial charge < -0.3 is 37.2 Å². The van der Waals surface area contributed by atoms with E-state index in [0.29, 0.717) is 0 Å². The van der Waals surface area contributed by atoms with Crippen LogP contribution in [0.3, 0.4) is 0 Å². The summed E-state index contributed by atoms with van der Waals surface area (Å²) >= 11 is 2.59. The van der Waals surface area contributed by atoms with E-state index in [-0.39, 0.29) is 37.2 Å². The van der Waals surface area contributed by atoms with Crippen molar-refractivity contribution < 1.29 is 54.6 Å². The Morgan fingerprint density at radius 3 is 1.90 bits per heavy atom. The molecule has 0 aromatic carbocycles. The molecule has 0 saturated heterocycles. The number of hydrogen-bond donors (Lipinski definition) is 0. The summed E-state index contributed by atoms with van der Waals surface area (Å²) in [6, 6.07) is 0. The van der Waals surface area contributed by atoms with Crippen LogP contribution in [-0.4, -0.2) is 0 Å². The van der Waals surface area contributed by atoms with E-state index in [2.05, 4.69) is 36.5 Å². The van der Waals surface area contributed by atoms with Gasteiger partial charge in [0.15, 0.2) is 0 Å². The van der Waals surface area contributed by atoms with E-state index in [1.54, 1.807) is 0 Å². The summed E-state index contributed by atoms with van der Waals surface area (Å²) in [5.74, 6) is 0. The second-order valence-corrected chi connectivity index (χ2v) is 2.58. The van der Waals surface area contributed by atoms with Crippen molar-refractivity contribution in [2.24, 2.45) is 0 Å². The van der Waals surface area contributed by atoms with Gasteiger partial charge in [0.2, 0.25) is 0 Å². The first kappa shape index (κ1) is 17.1. The maximum atomic E-state index is 2.59. The quantitative estimate of drug-likeness (QED) is 0.392. The molecular weight excluding hydrogens is 229 g/mol. The minimum absolute atomic E-state index is 0. The van der Waals surface area contributed by atoms with Crippen molar-refractivity contribution in [3.8, 4) is 0 Å². The molecule has 0 atom stereocenters. The van der Waals surface area contributed by atoms with Crippen LogP contribution in [0.25, 0.3) is 0 Å². The van der Waals surface area contributed by atoms with Gasteiger partial charge in [0, 0.05) is 0 Å². The molecule has 0 aliphatic heterocycles. The summed E-state index contributed by atoms with van der Waals surface area (Å²) in [4.78, 5) is 0. The third-order valence-corrected chi connectivity index (χ3v) is 1.97. The van der Waals surface area contributed by atoms with Crippen LogP contribution >= 0.6 is 0 Å². The third kappa shape index (κ3) is 4.70. The Bertz CT molecular complexity index is 140. The molecule has 0 spiro atoms. The van der Waals surface area contributed by atoms with Crippen LogP contribution in [0.2, 0.25) is 0 Å². The van der Waals surface area contributed by atoms with E-state index >= 15 is 0 Å². The van der Waals surface area contributed by atoms with E-state index in [0.717, 1.165) is 6.42 Å². The Hall–Kier alpha value is 0.934. The van der Waals surface area contributed by atoms with Gasteiger partial charge in [-0.25, -0.2) is 0 Å². The molecule has 0 N–H and O–H groups in total. The van der Waals surface area contributed by atoms with Crippen LogP contribution in [0.5, 0.6) is 0 Å². The maximum Gasteiger partial charge on any atom is -1.00 e. The summed E-state index contributed by atoms with van der Waals surface area (Å²) in [6.07, 6.45) is 5.49. The first-order valence-corrected chi connectivity index (χ1v) is 3.06. The molecule has 0 fully saturated rings. The van der Waals surface area contributed by atoms with Gasteiger partial charge in [-0.2, -0.15) is 0 Å². The van der Waals surface area contributed by atoms with Gasteiger partial charge in [0.1, 0.15) is 0 Å². The van der Waals surface area contributed by atoms with Crippen LogP contribution in [-0.2, 0) is 17.4 Å². The fourth-order valence-corrected chi connectivity index (χ4v) is 0.886. The molecule has 0 unspecified atom stereocenters. The van der Waals surface area contributed by atoms with Crippen LogP contribution in [0.1, 0.15) is 13.3 Å². The molecule has 1 aliphatic rings. The summed E-state index contributed by atoms with van der Waals surface area (Å²) in [5.41, 5.74) is 1.42. The summed E-state index contributed by atoms with van der Waals surface area (Å²) in [5, 5.41) is 0. The molecule has 0 heterocycles. The molecule has 10 heavy (non-hydrogen) atoms. The van der Waals surface area contributed by atoms with E-state index in [1.807, 2.05) is 0 Å². The molecule has 0 bridgehead atoms. The molecule has 4 heteroatoms. The standard InChI is InChI=1S/C6H7.3ClH.V/c1-6-4-2-3-5-6;;;;/h2,4H,3H2,1H3;3*1H;/q;;;;+3/p-3. The molecule has 57 valence electrons. The molecule has 0 saturated carbocycles. The molecule has 0 nitrogen and oxygen atoms in total. The Morgan fingerprint density at radius 2 is 1.80 bits per heavy atom. The van der Waals surface area contributed by atoms with Crippen molar-refractivity contribution >= 4 is 0 Å². The predicted octanol–water partition coefficient (Wildman–Crippen LogP) is -7.22. The zero-order valence-electron chi connectivity index (χ0n) is 5.44. The smallest absolute Gasteiger partial charge is 1.00 e. The molecule has 1 rings (SSSR count). The van der Waals surface area contributed by atoms with E-state index < -0.39 is 0 Å². The van der Waals surface area contributed by atoms with Crippen molar-refractivity contribution in [1.82, 2.24) is 0 Å². The summed E-state index contributed by atoms with van der Waals surface area (Å²) in [6.45, 7) is 2.14. The number of allylic oxidation sites excluding steroid dienone is 4. The van der Waals surface area contributed by atoms with Crippen molar-refractivity contribution in [1.29, 1.82) is 0 Å². The average molecular weight is 236 g/mol. The zero-order chi connectivity index (χ0) is 5.28. The van der Waals surface area contributed by atoms with E-state index in [9.17, 15) is 0 Å². The number of halogens is 3. The normalized spacial score (nSPS) is 13.5. The molecule has 0 aromatic rings. The van der Waals surface area contributed by atoms with Crippen LogP contribution in [0.4, 0.5) is 0 Å². The largest absolute Gasteiger partial charge is 1.00 e. The Labute approximate surface area is 89.7 Å². The zero-order valence-corrected chi connectivity index (χ0v) is 9.11. The predicted molar refractivity (Wildman–Crippen MR) is 26.5 cm³/mol. The monoisotopic (exact) mass is 235 g/mol. The van der Waals surface area contributed by atoms with E-state index in [1.165, 1.54) is 9.86 Å². The first-order valence-electron chi connectivity index (χ1n) is 2.36. The summed E-state index contributed by atoms with van der Waals surface area (Å²) < 4.78 is 1.45. The topological polar surface area (TPSA) is 0 Å². The van der Waals surface area contributed by atoms with Crippen LogP contribution in [0.15, 0.2) is 22.0 Å². The van der Waals surface area contributed by atoms with Gasteiger partial charge in [-0.1, -0.05) is 0 Å². The second kappa shape index (κ2) is 8.04. The molecule has 0 amide bonds. The Balaban J connectivity index is -0.000000163. The second-order valence-electron chi connectivity index (χ2n) is 1.74. The fraction of sp³-hybridized carbons (Fsp3) is 0.333. The van der Waals surface area contributed by atoms with Crippen molar-refractivity contribution in [3.05, 3.63) is 22.0 Å². The maximum absolute atomic E-state index is 2.59. The van der Waals surface area contributed by atoms with Gasteiger partial charge >= 0.3 is 52.8 Å². The minimum atomic E-state index is 0. The Kier molecular flexibility index (Phi) is 13.8. The molecular formula is C6H7Cl3V. The molecule has 1 aliphatic carbocycles. The molecule has 0 radical (unpaired) electrons. The Morgan fingerprint density at radius 1 is 1.30 bits per heavy atom. The number of hydrogen-bond acceptors (Lipinski definition) is 0. The van der Waals surface area contributed by atoms with Gasteiger partial charge in [-0.15, -0.1) is 0 Å². The van der Waals surface area contributed by atoms with Gasteiger partial charge in [0.25, 0.3) is 0 Å². The van der Waals surface area contributed by atoms with Gasteiger partial charge in [-0.3, -0.25) is 0 Å². The minimum Gasteiger partial charge on any atom is -1.00 e. The van der Waals surface area contributed by atoms with Crippen molar-refractivity contribution in [2.75, 3.05) is 0 Å². The van der Waals surface area contributed by atoms with Crippen LogP contribution in [0, 0.1) is 0 Å². The average Bonchev–Trinajstić information content (AvgIpc) is 1.91.